The molecule has 0 unspecified atom stereocenters. The Kier molecular flexibility index (Phi) is 2.92. The molecule has 2 aromatic heterocycles. The molecule has 0 spiro atoms. The van der Waals surface area contributed by atoms with E-state index in [1.807, 2.05) is 28.8 Å². The Morgan fingerprint density at radius 2 is 2.11 bits per heavy atom. The lowest BCUT2D eigenvalue weighted by molar-refractivity contribution is 0.275. The van der Waals surface area contributed by atoms with Crippen molar-refractivity contribution in [1.82, 2.24) is 19.3 Å². The zero-order valence-electron chi connectivity index (χ0n) is 10.4. The topological polar surface area (TPSA) is 81.9 Å². The van der Waals surface area contributed by atoms with Crippen molar-refractivity contribution in [3.8, 4) is 0 Å². The number of hydrogen-bond donors (Lipinski definition) is 2. The number of nitrogens with two attached hydrogens (primary N) is 1. The fourth-order valence-electron chi connectivity index (χ4n) is 2.21. The van der Waals surface area contributed by atoms with Gasteiger partial charge in [0.25, 0.3) is 0 Å². The Hall–Kier alpha value is -2.34. The summed E-state index contributed by atoms with van der Waals surface area (Å²) in [5, 5.41) is 13.4. The first-order chi connectivity index (χ1) is 9.28. The third-order valence-electron chi connectivity index (χ3n) is 3.01. The van der Waals surface area contributed by atoms with E-state index < -0.39 is 0 Å². The highest BCUT2D eigenvalue weighted by molar-refractivity contribution is 5.75. The van der Waals surface area contributed by atoms with Gasteiger partial charge in [-0.05, 0) is 12.1 Å². The molecular weight excluding hydrogens is 242 g/mol. The Morgan fingerprint density at radius 3 is 2.84 bits per heavy atom. The van der Waals surface area contributed by atoms with Crippen LogP contribution in [0.2, 0.25) is 0 Å². The van der Waals surface area contributed by atoms with Crippen molar-refractivity contribution in [2.45, 2.75) is 13.1 Å². The third kappa shape index (κ3) is 2.17. The molecule has 19 heavy (non-hydrogen) atoms. The van der Waals surface area contributed by atoms with Crippen molar-refractivity contribution in [2.24, 2.45) is 0 Å². The number of nitrogens with zero attached hydrogens (tertiary/aromatic N) is 4. The van der Waals surface area contributed by atoms with E-state index in [0.29, 0.717) is 18.8 Å². The van der Waals surface area contributed by atoms with Gasteiger partial charge in [0.2, 0.25) is 0 Å². The Labute approximate surface area is 110 Å². The zero-order chi connectivity index (χ0) is 13.2. The lowest BCUT2D eigenvalue weighted by Gasteiger charge is -2.07. The predicted octanol–water partition coefficient (Wildman–Crippen LogP) is 0.856. The molecule has 2 heterocycles. The number of anilines is 1. The first-order valence-electron chi connectivity index (χ1n) is 6.11. The van der Waals surface area contributed by atoms with Gasteiger partial charge >= 0.3 is 0 Å². The van der Waals surface area contributed by atoms with E-state index in [1.54, 1.807) is 17.1 Å². The van der Waals surface area contributed by atoms with E-state index in [-0.39, 0.29) is 6.61 Å². The number of para-hydroxylation sites is 2. The lowest BCUT2D eigenvalue weighted by atomic mass is 10.3. The largest absolute Gasteiger partial charge is 0.396 e. The van der Waals surface area contributed by atoms with Gasteiger partial charge in [-0.15, -0.1) is 0 Å². The number of imidazole rings is 1. The average Bonchev–Trinajstić information content (AvgIpc) is 2.96. The van der Waals surface area contributed by atoms with Crippen molar-refractivity contribution in [3.05, 3.63) is 42.5 Å². The molecule has 3 rings (SSSR count). The SMILES string of the molecule is Nc1cnn(Cc2nc3ccccc3n2CCO)c1. The van der Waals surface area contributed by atoms with Crippen LogP contribution in [0, 0.1) is 0 Å². The summed E-state index contributed by atoms with van der Waals surface area (Å²) in [6.45, 7) is 1.13. The van der Waals surface area contributed by atoms with E-state index >= 15 is 0 Å². The molecule has 0 bridgehead atoms. The summed E-state index contributed by atoms with van der Waals surface area (Å²) in [7, 11) is 0. The van der Waals surface area contributed by atoms with Gasteiger partial charge in [0.1, 0.15) is 5.82 Å². The average molecular weight is 257 g/mol. The molecule has 0 aliphatic heterocycles. The van der Waals surface area contributed by atoms with Gasteiger partial charge in [-0.3, -0.25) is 4.68 Å². The predicted molar refractivity (Wildman–Crippen MR) is 72.6 cm³/mol. The maximum Gasteiger partial charge on any atom is 0.131 e. The molecule has 6 heteroatoms. The second-order valence-electron chi connectivity index (χ2n) is 4.36. The van der Waals surface area contributed by atoms with Gasteiger partial charge in [0, 0.05) is 12.7 Å². The second kappa shape index (κ2) is 4.74. The molecule has 0 aliphatic rings. The Bertz CT molecular complexity index is 700. The van der Waals surface area contributed by atoms with Crippen molar-refractivity contribution in [3.63, 3.8) is 0 Å². The maximum atomic E-state index is 9.20. The van der Waals surface area contributed by atoms with Crippen LogP contribution in [0.3, 0.4) is 0 Å². The standard InChI is InChI=1S/C13H15N5O/c14-10-7-15-17(8-10)9-13-16-11-3-1-2-4-12(11)18(13)5-6-19/h1-4,7-8,19H,5-6,9,14H2. The maximum absolute atomic E-state index is 9.20. The molecule has 98 valence electrons. The molecule has 1 aromatic carbocycles. The summed E-state index contributed by atoms with van der Waals surface area (Å²) >= 11 is 0. The molecule has 0 aliphatic carbocycles. The quantitative estimate of drug-likeness (QED) is 0.726. The Morgan fingerprint density at radius 1 is 1.26 bits per heavy atom. The highest BCUT2D eigenvalue weighted by Gasteiger charge is 2.10. The first-order valence-corrected chi connectivity index (χ1v) is 6.11. The normalized spacial score (nSPS) is 11.2. The number of aliphatic hydroxyl groups is 1. The van der Waals surface area contributed by atoms with Crippen molar-refractivity contribution in [2.75, 3.05) is 12.3 Å². The second-order valence-corrected chi connectivity index (χ2v) is 4.36. The van der Waals surface area contributed by atoms with Crippen LogP contribution in [-0.2, 0) is 13.1 Å². The number of fused-ring (bicyclic) bond motifs is 1. The van der Waals surface area contributed by atoms with Crippen LogP contribution < -0.4 is 5.73 Å². The van der Waals surface area contributed by atoms with E-state index in [4.69, 9.17) is 5.73 Å². The summed E-state index contributed by atoms with van der Waals surface area (Å²) in [4.78, 5) is 4.59. The molecule has 0 radical (unpaired) electrons. The molecule has 0 atom stereocenters. The van der Waals surface area contributed by atoms with Gasteiger partial charge in [-0.25, -0.2) is 4.98 Å². The fourth-order valence-corrected chi connectivity index (χ4v) is 2.21. The highest BCUT2D eigenvalue weighted by Crippen LogP contribution is 2.16. The van der Waals surface area contributed by atoms with E-state index in [0.717, 1.165) is 16.9 Å². The monoisotopic (exact) mass is 257 g/mol. The highest BCUT2D eigenvalue weighted by atomic mass is 16.3. The number of nitrogen functional groups attached to an aromatic ring is 1. The minimum Gasteiger partial charge on any atom is -0.396 e. The van der Waals surface area contributed by atoms with Crippen molar-refractivity contribution in [1.29, 1.82) is 0 Å². The first kappa shape index (κ1) is 11.7. The lowest BCUT2D eigenvalue weighted by Crippen LogP contribution is -2.11. The number of aliphatic hydroxyl groups excluding tert-OH is 1. The van der Waals surface area contributed by atoms with Gasteiger partial charge in [0.05, 0.1) is 36.1 Å². The minimum absolute atomic E-state index is 0.0780. The zero-order valence-corrected chi connectivity index (χ0v) is 10.4. The van der Waals surface area contributed by atoms with Gasteiger partial charge in [-0.2, -0.15) is 5.10 Å². The molecule has 3 aromatic rings. The summed E-state index contributed by atoms with van der Waals surface area (Å²) in [5.74, 6) is 0.860. The summed E-state index contributed by atoms with van der Waals surface area (Å²) in [6, 6.07) is 7.88. The molecule has 0 fully saturated rings. The minimum atomic E-state index is 0.0780. The van der Waals surface area contributed by atoms with Gasteiger partial charge < -0.3 is 15.4 Å². The van der Waals surface area contributed by atoms with E-state index in [1.165, 1.54) is 0 Å². The van der Waals surface area contributed by atoms with Gasteiger partial charge in [0.15, 0.2) is 0 Å². The van der Waals surface area contributed by atoms with Crippen LogP contribution in [0.25, 0.3) is 11.0 Å². The number of benzene rings is 1. The molecule has 6 nitrogen and oxygen atoms in total. The number of aromatic nitrogens is 4. The smallest absolute Gasteiger partial charge is 0.131 e. The number of rotatable bonds is 4. The molecule has 0 saturated carbocycles. The van der Waals surface area contributed by atoms with Crippen LogP contribution in [-0.4, -0.2) is 31.0 Å². The van der Waals surface area contributed by atoms with Crippen LogP contribution in [0.4, 0.5) is 5.69 Å². The molecule has 0 saturated heterocycles. The van der Waals surface area contributed by atoms with Crippen LogP contribution in [0.15, 0.2) is 36.7 Å². The van der Waals surface area contributed by atoms with Crippen molar-refractivity contribution < 1.29 is 5.11 Å². The van der Waals surface area contributed by atoms with Crippen LogP contribution >= 0.6 is 0 Å². The summed E-state index contributed by atoms with van der Waals surface area (Å²) in [5.41, 5.74) is 8.23. The van der Waals surface area contributed by atoms with Crippen LogP contribution in [0.1, 0.15) is 5.82 Å². The third-order valence-corrected chi connectivity index (χ3v) is 3.01. The summed E-state index contributed by atoms with van der Waals surface area (Å²) < 4.78 is 3.75. The molecule has 3 N–H and O–H groups in total. The molecule has 0 amide bonds. The fraction of sp³-hybridized carbons (Fsp3) is 0.231. The van der Waals surface area contributed by atoms with Crippen LogP contribution in [0.5, 0.6) is 0 Å². The van der Waals surface area contributed by atoms with E-state index in [2.05, 4.69) is 10.1 Å². The van der Waals surface area contributed by atoms with E-state index in [9.17, 15) is 5.11 Å². The Balaban J connectivity index is 2.04. The molecular formula is C13H15N5O. The number of hydrogen-bond acceptors (Lipinski definition) is 4. The van der Waals surface area contributed by atoms with Gasteiger partial charge in [-0.1, -0.05) is 12.1 Å². The van der Waals surface area contributed by atoms with Crippen molar-refractivity contribution >= 4 is 16.7 Å². The summed E-state index contributed by atoms with van der Waals surface area (Å²) in [6.07, 6.45) is 3.38.